The topological polar surface area (TPSA) is 116 Å². The van der Waals surface area contributed by atoms with Crippen molar-refractivity contribution < 1.29 is 14.0 Å². The van der Waals surface area contributed by atoms with Gasteiger partial charge >= 0.3 is 0 Å². The van der Waals surface area contributed by atoms with E-state index < -0.39 is 5.91 Å². The Kier molecular flexibility index (Phi) is 7.09. The standard InChI is InChI=1S/C24H25N5O3S/c1-16(18-9-8-17-5-2-3-6-19(17)13-18)26-23(31)15-33-24-28-27-22(11-10-21(25)30)29(24)14-20-7-4-12-32-20/h2-9,12-13,16H,10-11,14-15H2,1H3,(H2,25,30)(H,26,31). The van der Waals surface area contributed by atoms with Gasteiger partial charge in [-0.15, -0.1) is 10.2 Å². The lowest BCUT2D eigenvalue weighted by molar-refractivity contribution is -0.119. The average molecular weight is 464 g/mol. The molecule has 2 heterocycles. The van der Waals surface area contributed by atoms with Gasteiger partial charge in [0.05, 0.1) is 24.6 Å². The van der Waals surface area contributed by atoms with E-state index in [0.29, 0.717) is 23.9 Å². The molecule has 33 heavy (non-hydrogen) atoms. The van der Waals surface area contributed by atoms with Gasteiger partial charge in [-0.05, 0) is 41.5 Å². The predicted molar refractivity (Wildman–Crippen MR) is 127 cm³/mol. The van der Waals surface area contributed by atoms with E-state index >= 15 is 0 Å². The van der Waals surface area contributed by atoms with Crippen LogP contribution >= 0.6 is 11.8 Å². The van der Waals surface area contributed by atoms with Gasteiger partial charge in [-0.2, -0.15) is 0 Å². The van der Waals surface area contributed by atoms with E-state index in [9.17, 15) is 9.59 Å². The molecule has 9 heteroatoms. The summed E-state index contributed by atoms with van der Waals surface area (Å²) in [5.74, 6) is 1.03. The maximum Gasteiger partial charge on any atom is 0.230 e. The number of carbonyl (C=O) groups excluding carboxylic acids is 2. The van der Waals surface area contributed by atoms with Crippen molar-refractivity contribution in [3.8, 4) is 0 Å². The molecule has 1 atom stereocenters. The normalized spacial score (nSPS) is 12.0. The molecule has 2 aromatic carbocycles. The lowest BCUT2D eigenvalue weighted by Crippen LogP contribution is -2.28. The summed E-state index contributed by atoms with van der Waals surface area (Å²) in [4.78, 5) is 23.8. The fraction of sp³-hybridized carbons (Fsp3) is 0.250. The predicted octanol–water partition coefficient (Wildman–Crippen LogP) is 3.46. The molecule has 0 radical (unpaired) electrons. The van der Waals surface area contributed by atoms with Crippen molar-refractivity contribution in [3.05, 3.63) is 78.0 Å². The van der Waals surface area contributed by atoms with Crippen molar-refractivity contribution in [1.82, 2.24) is 20.1 Å². The molecule has 3 N–H and O–H groups in total. The van der Waals surface area contributed by atoms with Gasteiger partial charge < -0.3 is 15.5 Å². The number of rotatable bonds is 10. The van der Waals surface area contributed by atoms with Crippen molar-refractivity contribution in [2.45, 2.75) is 37.5 Å². The zero-order valence-electron chi connectivity index (χ0n) is 18.2. The van der Waals surface area contributed by atoms with Gasteiger partial charge in [-0.25, -0.2) is 0 Å². The highest BCUT2D eigenvalue weighted by molar-refractivity contribution is 7.99. The summed E-state index contributed by atoms with van der Waals surface area (Å²) in [7, 11) is 0. The molecule has 2 aromatic heterocycles. The van der Waals surface area contributed by atoms with Crippen LogP contribution in [0.25, 0.3) is 10.8 Å². The van der Waals surface area contributed by atoms with Crippen molar-refractivity contribution in [2.24, 2.45) is 5.73 Å². The largest absolute Gasteiger partial charge is 0.467 e. The highest BCUT2D eigenvalue weighted by atomic mass is 32.2. The minimum atomic E-state index is -0.404. The van der Waals surface area contributed by atoms with E-state index in [1.807, 2.05) is 35.8 Å². The monoisotopic (exact) mass is 463 g/mol. The van der Waals surface area contributed by atoms with Crippen LogP contribution in [-0.2, 0) is 22.6 Å². The first-order chi connectivity index (χ1) is 16.0. The molecule has 2 amide bonds. The second-order valence-electron chi connectivity index (χ2n) is 7.72. The fourth-order valence-corrected chi connectivity index (χ4v) is 4.30. The first kappa shape index (κ1) is 22.6. The number of hydrogen-bond acceptors (Lipinski definition) is 6. The van der Waals surface area contributed by atoms with Gasteiger partial charge in [0.25, 0.3) is 0 Å². The lowest BCUT2D eigenvalue weighted by atomic mass is 10.0. The van der Waals surface area contributed by atoms with E-state index in [1.54, 1.807) is 12.3 Å². The molecular weight excluding hydrogens is 438 g/mol. The Bertz CT molecular complexity index is 1250. The number of hydrogen-bond donors (Lipinski definition) is 2. The van der Waals surface area contributed by atoms with E-state index in [1.165, 1.54) is 17.1 Å². The number of thioether (sulfide) groups is 1. The van der Waals surface area contributed by atoms with Crippen LogP contribution in [0.2, 0.25) is 0 Å². The molecule has 0 spiro atoms. The quantitative estimate of drug-likeness (QED) is 0.348. The number of aromatic nitrogens is 3. The number of fused-ring (bicyclic) bond motifs is 1. The zero-order chi connectivity index (χ0) is 23.2. The van der Waals surface area contributed by atoms with Crippen molar-refractivity contribution in [2.75, 3.05) is 5.75 Å². The average Bonchev–Trinajstić information content (AvgIpc) is 3.46. The van der Waals surface area contributed by atoms with Gasteiger partial charge in [0.1, 0.15) is 11.6 Å². The van der Waals surface area contributed by atoms with Crippen molar-refractivity contribution in [1.29, 1.82) is 0 Å². The molecule has 0 fully saturated rings. The second-order valence-corrected chi connectivity index (χ2v) is 8.66. The van der Waals surface area contributed by atoms with Crippen LogP contribution in [0.4, 0.5) is 0 Å². The van der Waals surface area contributed by atoms with Crippen molar-refractivity contribution in [3.63, 3.8) is 0 Å². The number of furan rings is 1. The lowest BCUT2D eigenvalue weighted by Gasteiger charge is -2.15. The highest BCUT2D eigenvalue weighted by Gasteiger charge is 2.17. The van der Waals surface area contributed by atoms with Gasteiger partial charge in [-0.3, -0.25) is 14.2 Å². The summed E-state index contributed by atoms with van der Waals surface area (Å²) >= 11 is 1.29. The summed E-state index contributed by atoms with van der Waals surface area (Å²) in [5.41, 5.74) is 6.33. The summed E-state index contributed by atoms with van der Waals surface area (Å²) in [6.07, 6.45) is 2.14. The first-order valence-electron chi connectivity index (χ1n) is 10.6. The van der Waals surface area contributed by atoms with E-state index in [4.69, 9.17) is 10.2 Å². The number of amides is 2. The van der Waals surface area contributed by atoms with E-state index in [2.05, 4.69) is 39.8 Å². The summed E-state index contributed by atoms with van der Waals surface area (Å²) in [6.45, 7) is 2.37. The Labute approximate surface area is 195 Å². The van der Waals surface area contributed by atoms with Gasteiger partial charge in [-0.1, -0.05) is 48.2 Å². The van der Waals surface area contributed by atoms with Crippen LogP contribution in [0.5, 0.6) is 0 Å². The minimum absolute atomic E-state index is 0.105. The fourth-order valence-electron chi connectivity index (χ4n) is 3.54. The Hall–Kier alpha value is -3.59. The first-order valence-corrected chi connectivity index (χ1v) is 11.6. The summed E-state index contributed by atoms with van der Waals surface area (Å²) < 4.78 is 7.30. The molecule has 4 aromatic rings. The maximum absolute atomic E-state index is 12.6. The third-order valence-corrected chi connectivity index (χ3v) is 6.23. The third kappa shape index (κ3) is 5.81. The molecule has 8 nitrogen and oxygen atoms in total. The molecule has 170 valence electrons. The van der Waals surface area contributed by atoms with Gasteiger partial charge in [0.15, 0.2) is 5.16 Å². The summed E-state index contributed by atoms with van der Waals surface area (Å²) in [5, 5.41) is 14.3. The third-order valence-electron chi connectivity index (χ3n) is 5.27. The molecule has 0 saturated carbocycles. The zero-order valence-corrected chi connectivity index (χ0v) is 19.0. The number of aryl methyl sites for hydroxylation is 1. The number of carbonyl (C=O) groups is 2. The van der Waals surface area contributed by atoms with E-state index in [0.717, 1.165) is 16.7 Å². The number of primary amides is 1. The number of nitrogens with one attached hydrogen (secondary N) is 1. The Morgan fingerprint density at radius 1 is 1.12 bits per heavy atom. The second kappa shape index (κ2) is 10.4. The molecular formula is C24H25N5O3S. The molecule has 0 saturated heterocycles. The smallest absolute Gasteiger partial charge is 0.230 e. The van der Waals surface area contributed by atoms with Crippen LogP contribution in [0.3, 0.4) is 0 Å². The molecule has 0 bridgehead atoms. The summed E-state index contributed by atoms with van der Waals surface area (Å²) in [6, 6.07) is 17.9. The molecule has 0 aliphatic rings. The van der Waals surface area contributed by atoms with Crippen LogP contribution < -0.4 is 11.1 Å². The molecule has 0 aliphatic heterocycles. The van der Waals surface area contributed by atoms with Crippen LogP contribution in [-0.4, -0.2) is 32.3 Å². The molecule has 4 rings (SSSR count). The minimum Gasteiger partial charge on any atom is -0.467 e. The molecule has 1 unspecified atom stereocenters. The number of nitrogens with two attached hydrogens (primary N) is 1. The van der Waals surface area contributed by atoms with Crippen LogP contribution in [0.15, 0.2) is 70.4 Å². The Morgan fingerprint density at radius 3 is 2.70 bits per heavy atom. The van der Waals surface area contributed by atoms with Gasteiger partial charge in [0.2, 0.25) is 11.8 Å². The molecule has 0 aliphatic carbocycles. The van der Waals surface area contributed by atoms with E-state index in [-0.39, 0.29) is 24.1 Å². The maximum atomic E-state index is 12.6. The van der Waals surface area contributed by atoms with Crippen LogP contribution in [0.1, 0.15) is 36.5 Å². The highest BCUT2D eigenvalue weighted by Crippen LogP contribution is 2.22. The Balaban J connectivity index is 1.40. The number of benzene rings is 2. The SMILES string of the molecule is CC(NC(=O)CSc1nnc(CCC(N)=O)n1Cc1ccco1)c1ccc2ccccc2c1. The van der Waals surface area contributed by atoms with Crippen LogP contribution in [0, 0.1) is 0 Å². The Morgan fingerprint density at radius 2 is 1.94 bits per heavy atom. The van der Waals surface area contributed by atoms with Gasteiger partial charge in [0, 0.05) is 12.8 Å². The number of nitrogens with zero attached hydrogens (tertiary/aromatic N) is 3. The van der Waals surface area contributed by atoms with Crippen molar-refractivity contribution >= 4 is 34.3 Å².